The summed E-state index contributed by atoms with van der Waals surface area (Å²) < 4.78 is 0. The Bertz CT molecular complexity index is 361. The Morgan fingerprint density at radius 1 is 1.60 bits per heavy atom. The second kappa shape index (κ2) is 5.80. The fourth-order valence-corrected chi connectivity index (χ4v) is 1.01. The monoisotopic (exact) mass is 206 g/mol. The molecule has 0 heterocycles. The van der Waals surface area contributed by atoms with E-state index in [4.69, 9.17) is 5.11 Å². The molecule has 1 aromatic carbocycles. The van der Waals surface area contributed by atoms with E-state index in [1.807, 2.05) is 6.92 Å². The molecule has 0 saturated heterocycles. The smallest absolute Gasteiger partial charge is 0.271 e. The van der Waals surface area contributed by atoms with Gasteiger partial charge < -0.3 is 5.11 Å². The molecule has 2 N–H and O–H groups in total. The van der Waals surface area contributed by atoms with Crippen molar-refractivity contribution >= 4 is 12.1 Å². The van der Waals surface area contributed by atoms with Crippen LogP contribution in [0.1, 0.15) is 30.1 Å². The van der Waals surface area contributed by atoms with Crippen molar-refractivity contribution in [3.8, 4) is 5.75 Å². The summed E-state index contributed by atoms with van der Waals surface area (Å²) in [4.78, 5) is 11.4. The number of nitrogens with zero attached hydrogens (tertiary/aromatic N) is 1. The minimum atomic E-state index is -0.321. The average molecular weight is 206 g/mol. The number of nitrogens with one attached hydrogen (secondary N) is 1. The maximum absolute atomic E-state index is 11.4. The Morgan fingerprint density at radius 2 is 2.40 bits per heavy atom. The molecule has 80 valence electrons. The summed E-state index contributed by atoms with van der Waals surface area (Å²) in [6.45, 7) is 2.03. The summed E-state index contributed by atoms with van der Waals surface area (Å²) >= 11 is 0. The number of aromatic hydroxyl groups is 1. The number of rotatable bonds is 4. The lowest BCUT2D eigenvalue weighted by molar-refractivity contribution is 0.0954. The van der Waals surface area contributed by atoms with Crippen LogP contribution in [0.15, 0.2) is 29.4 Å². The Balaban J connectivity index is 2.54. The van der Waals surface area contributed by atoms with Gasteiger partial charge in [-0.2, -0.15) is 5.10 Å². The highest BCUT2D eigenvalue weighted by Crippen LogP contribution is 2.10. The number of unbranched alkanes of at least 4 members (excludes halogenated alkanes) is 1. The quantitative estimate of drug-likeness (QED) is 0.584. The summed E-state index contributed by atoms with van der Waals surface area (Å²) in [5.41, 5.74) is 2.77. The van der Waals surface area contributed by atoms with Gasteiger partial charge in [0, 0.05) is 11.8 Å². The molecule has 4 heteroatoms. The van der Waals surface area contributed by atoms with E-state index in [-0.39, 0.29) is 11.7 Å². The van der Waals surface area contributed by atoms with Gasteiger partial charge in [-0.1, -0.05) is 19.4 Å². The lowest BCUT2D eigenvalue weighted by Crippen LogP contribution is -2.17. The van der Waals surface area contributed by atoms with Gasteiger partial charge in [-0.3, -0.25) is 4.79 Å². The van der Waals surface area contributed by atoms with E-state index in [0.29, 0.717) is 5.56 Å². The van der Waals surface area contributed by atoms with Gasteiger partial charge in [-0.15, -0.1) is 0 Å². The van der Waals surface area contributed by atoms with Crippen molar-refractivity contribution in [2.45, 2.75) is 19.8 Å². The van der Waals surface area contributed by atoms with E-state index in [9.17, 15) is 4.79 Å². The standard InChI is InChI=1S/C11H14N2O2/c1-2-3-7-12-13-11(15)9-5-4-6-10(14)8-9/h4-8,14H,2-3H2,1H3,(H,13,15). The summed E-state index contributed by atoms with van der Waals surface area (Å²) in [6.07, 6.45) is 3.48. The molecule has 1 amide bonds. The maximum atomic E-state index is 11.4. The first-order chi connectivity index (χ1) is 7.24. The summed E-state index contributed by atoms with van der Waals surface area (Å²) in [7, 11) is 0. The highest BCUT2D eigenvalue weighted by Gasteiger charge is 2.03. The molecule has 0 aliphatic carbocycles. The molecule has 1 rings (SSSR count). The molecule has 0 aromatic heterocycles. The summed E-state index contributed by atoms with van der Waals surface area (Å²) in [5, 5.41) is 12.9. The number of benzene rings is 1. The van der Waals surface area contributed by atoms with Crippen LogP contribution >= 0.6 is 0 Å². The fourth-order valence-electron chi connectivity index (χ4n) is 1.01. The molecular formula is C11H14N2O2. The van der Waals surface area contributed by atoms with Crippen LogP contribution < -0.4 is 5.43 Å². The molecule has 0 radical (unpaired) electrons. The first-order valence-electron chi connectivity index (χ1n) is 4.85. The van der Waals surface area contributed by atoms with Gasteiger partial charge in [0.1, 0.15) is 5.75 Å². The predicted octanol–water partition coefficient (Wildman–Crippen LogP) is 1.91. The van der Waals surface area contributed by atoms with Crippen LogP contribution in [0.5, 0.6) is 5.75 Å². The van der Waals surface area contributed by atoms with Crippen molar-refractivity contribution in [2.24, 2.45) is 5.10 Å². The van der Waals surface area contributed by atoms with Crippen LogP contribution in [-0.4, -0.2) is 17.2 Å². The van der Waals surface area contributed by atoms with Crippen LogP contribution in [0.3, 0.4) is 0 Å². The summed E-state index contributed by atoms with van der Waals surface area (Å²) in [5.74, 6) is -0.251. The molecule has 0 unspecified atom stereocenters. The molecule has 0 bridgehead atoms. The number of phenolic OH excluding ortho intramolecular Hbond substituents is 1. The molecule has 0 aliphatic heterocycles. The minimum Gasteiger partial charge on any atom is -0.508 e. The Labute approximate surface area is 88.6 Å². The zero-order valence-electron chi connectivity index (χ0n) is 8.60. The first-order valence-corrected chi connectivity index (χ1v) is 4.85. The van der Waals surface area contributed by atoms with E-state index in [0.717, 1.165) is 12.8 Å². The number of phenols is 1. The van der Waals surface area contributed by atoms with E-state index in [2.05, 4.69) is 10.5 Å². The first kappa shape index (κ1) is 11.2. The maximum Gasteiger partial charge on any atom is 0.271 e. The van der Waals surface area contributed by atoms with Crippen molar-refractivity contribution in [3.63, 3.8) is 0 Å². The predicted molar refractivity (Wildman–Crippen MR) is 59.0 cm³/mol. The number of amides is 1. The van der Waals surface area contributed by atoms with E-state index in [1.165, 1.54) is 12.1 Å². The van der Waals surface area contributed by atoms with Gasteiger partial charge in [0.25, 0.3) is 5.91 Å². The second-order valence-electron chi connectivity index (χ2n) is 3.09. The minimum absolute atomic E-state index is 0.0696. The Kier molecular flexibility index (Phi) is 4.34. The molecule has 1 aromatic rings. The fraction of sp³-hybridized carbons (Fsp3) is 0.273. The van der Waals surface area contributed by atoms with Crippen molar-refractivity contribution in [2.75, 3.05) is 0 Å². The zero-order chi connectivity index (χ0) is 11.1. The molecule has 0 spiro atoms. The molecule has 4 nitrogen and oxygen atoms in total. The SMILES string of the molecule is CCCC=NNC(=O)c1cccc(O)c1. The Morgan fingerprint density at radius 3 is 3.07 bits per heavy atom. The van der Waals surface area contributed by atoms with E-state index in [1.54, 1.807) is 18.3 Å². The average Bonchev–Trinajstić information content (AvgIpc) is 2.24. The number of hydrazone groups is 1. The highest BCUT2D eigenvalue weighted by molar-refractivity contribution is 5.94. The van der Waals surface area contributed by atoms with Crippen LogP contribution in [0.25, 0.3) is 0 Å². The lowest BCUT2D eigenvalue weighted by atomic mass is 10.2. The third-order valence-corrected chi connectivity index (χ3v) is 1.78. The van der Waals surface area contributed by atoms with Gasteiger partial charge in [0.15, 0.2) is 0 Å². The Hall–Kier alpha value is -1.84. The molecule has 0 atom stereocenters. The van der Waals surface area contributed by atoms with Crippen molar-refractivity contribution in [3.05, 3.63) is 29.8 Å². The van der Waals surface area contributed by atoms with Crippen LogP contribution in [0, 0.1) is 0 Å². The molecule has 0 fully saturated rings. The van der Waals surface area contributed by atoms with Crippen molar-refractivity contribution in [1.29, 1.82) is 0 Å². The second-order valence-corrected chi connectivity index (χ2v) is 3.09. The zero-order valence-corrected chi connectivity index (χ0v) is 8.60. The van der Waals surface area contributed by atoms with Crippen molar-refractivity contribution in [1.82, 2.24) is 5.43 Å². The molecular weight excluding hydrogens is 192 g/mol. The number of hydrogen-bond donors (Lipinski definition) is 2. The van der Waals surface area contributed by atoms with Gasteiger partial charge >= 0.3 is 0 Å². The summed E-state index contributed by atoms with van der Waals surface area (Å²) in [6, 6.07) is 6.13. The highest BCUT2D eigenvalue weighted by atomic mass is 16.3. The third kappa shape index (κ3) is 3.81. The van der Waals surface area contributed by atoms with Crippen LogP contribution in [-0.2, 0) is 0 Å². The number of carbonyl (C=O) groups is 1. The van der Waals surface area contributed by atoms with Gasteiger partial charge in [0.05, 0.1) is 0 Å². The number of hydrogen-bond acceptors (Lipinski definition) is 3. The molecule has 0 saturated carbocycles. The number of carbonyl (C=O) groups excluding carboxylic acids is 1. The molecule has 0 aliphatic rings. The van der Waals surface area contributed by atoms with Crippen LogP contribution in [0.4, 0.5) is 0 Å². The van der Waals surface area contributed by atoms with Gasteiger partial charge in [0.2, 0.25) is 0 Å². The lowest BCUT2D eigenvalue weighted by Gasteiger charge is -1.99. The van der Waals surface area contributed by atoms with Crippen molar-refractivity contribution < 1.29 is 9.90 Å². The van der Waals surface area contributed by atoms with Gasteiger partial charge in [-0.25, -0.2) is 5.43 Å². The largest absolute Gasteiger partial charge is 0.508 e. The van der Waals surface area contributed by atoms with E-state index < -0.39 is 0 Å². The normalized spacial score (nSPS) is 10.5. The van der Waals surface area contributed by atoms with E-state index >= 15 is 0 Å². The van der Waals surface area contributed by atoms with Gasteiger partial charge in [-0.05, 0) is 24.6 Å². The topological polar surface area (TPSA) is 61.7 Å². The third-order valence-electron chi connectivity index (χ3n) is 1.78. The molecule has 15 heavy (non-hydrogen) atoms. The van der Waals surface area contributed by atoms with Crippen LogP contribution in [0.2, 0.25) is 0 Å².